The first-order valence-corrected chi connectivity index (χ1v) is 5.70. The second-order valence-electron chi connectivity index (χ2n) is 3.96. The fourth-order valence-electron chi connectivity index (χ4n) is 1.51. The number of anilines is 3. The average Bonchev–Trinajstić information content (AvgIpc) is 2.29. The Morgan fingerprint density at radius 3 is 2.65 bits per heavy atom. The molecular weight excluding hydrogens is 234 g/mol. The lowest BCUT2D eigenvalue weighted by molar-refractivity contribution is 1.20. The normalized spacial score (nSPS) is 10.3. The molecule has 0 fully saturated rings. The van der Waals surface area contributed by atoms with Gasteiger partial charge in [-0.15, -0.1) is 0 Å². The van der Waals surface area contributed by atoms with E-state index in [4.69, 9.17) is 17.3 Å². The van der Waals surface area contributed by atoms with Crippen molar-refractivity contribution in [1.82, 2.24) is 4.98 Å². The smallest absolute Gasteiger partial charge is 0.130 e. The zero-order valence-corrected chi connectivity index (χ0v) is 10.5. The quantitative estimate of drug-likeness (QED) is 0.851. The van der Waals surface area contributed by atoms with Gasteiger partial charge in [-0.3, -0.25) is 0 Å². The summed E-state index contributed by atoms with van der Waals surface area (Å²) in [6.07, 6.45) is 0. The van der Waals surface area contributed by atoms with Crippen molar-refractivity contribution >= 4 is 28.8 Å². The summed E-state index contributed by atoms with van der Waals surface area (Å²) in [6.45, 7) is 3.90. The molecule has 3 N–H and O–H groups in total. The molecule has 4 heteroatoms. The predicted octanol–water partition coefficient (Wildman–Crippen LogP) is 3.68. The van der Waals surface area contributed by atoms with E-state index >= 15 is 0 Å². The number of aromatic nitrogens is 1. The average molecular weight is 248 g/mol. The molecule has 0 bridgehead atoms. The van der Waals surface area contributed by atoms with Crippen LogP contribution >= 0.6 is 11.6 Å². The number of halogens is 1. The lowest BCUT2D eigenvalue weighted by Crippen LogP contribution is -1.99. The van der Waals surface area contributed by atoms with Crippen LogP contribution < -0.4 is 11.1 Å². The van der Waals surface area contributed by atoms with E-state index in [0.717, 1.165) is 22.8 Å². The van der Waals surface area contributed by atoms with Crippen molar-refractivity contribution in [3.05, 3.63) is 46.6 Å². The Morgan fingerprint density at radius 1 is 1.18 bits per heavy atom. The van der Waals surface area contributed by atoms with Crippen LogP contribution in [0.4, 0.5) is 17.2 Å². The number of aryl methyl sites for hydroxylation is 2. The fourth-order valence-corrected chi connectivity index (χ4v) is 1.68. The first-order chi connectivity index (χ1) is 8.06. The largest absolute Gasteiger partial charge is 0.397 e. The van der Waals surface area contributed by atoms with E-state index in [-0.39, 0.29) is 0 Å². The summed E-state index contributed by atoms with van der Waals surface area (Å²) >= 11 is 5.96. The lowest BCUT2D eigenvalue weighted by Gasteiger charge is -2.10. The first-order valence-electron chi connectivity index (χ1n) is 5.32. The van der Waals surface area contributed by atoms with Gasteiger partial charge in [-0.1, -0.05) is 17.7 Å². The molecule has 0 aliphatic rings. The topological polar surface area (TPSA) is 50.9 Å². The van der Waals surface area contributed by atoms with Gasteiger partial charge in [0.05, 0.1) is 11.4 Å². The van der Waals surface area contributed by atoms with E-state index in [2.05, 4.69) is 10.3 Å². The summed E-state index contributed by atoms with van der Waals surface area (Å²) < 4.78 is 0. The lowest BCUT2D eigenvalue weighted by atomic mass is 10.2. The Balaban J connectivity index is 2.31. The van der Waals surface area contributed by atoms with Gasteiger partial charge in [0.2, 0.25) is 0 Å². The maximum atomic E-state index is 5.96. The predicted molar refractivity (Wildman–Crippen MR) is 72.9 cm³/mol. The van der Waals surface area contributed by atoms with Crippen LogP contribution in [0.15, 0.2) is 30.3 Å². The van der Waals surface area contributed by atoms with Gasteiger partial charge in [0, 0.05) is 10.7 Å². The highest BCUT2D eigenvalue weighted by molar-refractivity contribution is 6.30. The Labute approximate surface area is 106 Å². The van der Waals surface area contributed by atoms with E-state index in [0.29, 0.717) is 10.7 Å². The van der Waals surface area contributed by atoms with Gasteiger partial charge >= 0.3 is 0 Å². The second-order valence-corrected chi connectivity index (χ2v) is 4.39. The molecule has 0 spiro atoms. The molecule has 2 rings (SSSR count). The molecule has 0 aliphatic heterocycles. The number of nitrogens with one attached hydrogen (secondary N) is 1. The standard InChI is InChI=1S/C13H14ClN3/c1-8-3-4-10(14)7-12(8)17-13-6-5-11(15)9(2)16-13/h3-7H,15H2,1-2H3,(H,16,17). The molecule has 0 amide bonds. The molecule has 2 aromatic rings. The third-order valence-electron chi connectivity index (χ3n) is 2.59. The molecule has 0 saturated carbocycles. The third-order valence-corrected chi connectivity index (χ3v) is 2.82. The molecule has 1 aromatic heterocycles. The van der Waals surface area contributed by atoms with E-state index in [9.17, 15) is 0 Å². The van der Waals surface area contributed by atoms with Gasteiger partial charge in [0.25, 0.3) is 0 Å². The van der Waals surface area contributed by atoms with Gasteiger partial charge in [0.1, 0.15) is 5.82 Å². The molecule has 0 unspecified atom stereocenters. The summed E-state index contributed by atoms with van der Waals surface area (Å²) in [6, 6.07) is 9.40. The van der Waals surface area contributed by atoms with Gasteiger partial charge in [-0.2, -0.15) is 0 Å². The van der Waals surface area contributed by atoms with Crippen molar-refractivity contribution in [2.45, 2.75) is 13.8 Å². The monoisotopic (exact) mass is 247 g/mol. The summed E-state index contributed by atoms with van der Waals surface area (Å²) in [4.78, 5) is 4.36. The molecule has 0 atom stereocenters. The van der Waals surface area contributed by atoms with Gasteiger partial charge in [-0.25, -0.2) is 4.98 Å². The summed E-state index contributed by atoms with van der Waals surface area (Å²) in [5, 5.41) is 3.93. The van der Waals surface area contributed by atoms with E-state index in [1.54, 1.807) is 0 Å². The minimum Gasteiger partial charge on any atom is -0.397 e. The molecule has 0 radical (unpaired) electrons. The number of nitrogens with zero attached hydrogens (tertiary/aromatic N) is 1. The van der Waals surface area contributed by atoms with Crippen LogP contribution in [0, 0.1) is 13.8 Å². The number of nitrogens with two attached hydrogens (primary N) is 1. The zero-order chi connectivity index (χ0) is 12.4. The van der Waals surface area contributed by atoms with E-state index in [1.165, 1.54) is 0 Å². The minimum absolute atomic E-state index is 0.693. The number of nitrogen functional groups attached to an aromatic ring is 1. The number of benzene rings is 1. The molecule has 0 aliphatic carbocycles. The third kappa shape index (κ3) is 2.68. The van der Waals surface area contributed by atoms with Crippen molar-refractivity contribution in [3.63, 3.8) is 0 Å². The SMILES string of the molecule is Cc1ccc(Cl)cc1Nc1ccc(N)c(C)n1. The van der Waals surface area contributed by atoms with Crippen LogP contribution in [-0.4, -0.2) is 4.98 Å². The van der Waals surface area contributed by atoms with Gasteiger partial charge in [0.15, 0.2) is 0 Å². The Hall–Kier alpha value is -1.74. The fraction of sp³-hybridized carbons (Fsp3) is 0.154. The van der Waals surface area contributed by atoms with Crippen LogP contribution in [0.2, 0.25) is 5.02 Å². The number of rotatable bonds is 2. The highest BCUT2D eigenvalue weighted by Gasteiger charge is 2.02. The highest BCUT2D eigenvalue weighted by Crippen LogP contribution is 2.24. The molecule has 1 heterocycles. The Morgan fingerprint density at radius 2 is 1.94 bits per heavy atom. The molecule has 1 aromatic carbocycles. The molecule has 17 heavy (non-hydrogen) atoms. The van der Waals surface area contributed by atoms with Crippen LogP contribution in [0.1, 0.15) is 11.3 Å². The summed E-state index contributed by atoms with van der Waals surface area (Å²) in [7, 11) is 0. The van der Waals surface area contributed by atoms with Crippen LogP contribution in [0.5, 0.6) is 0 Å². The van der Waals surface area contributed by atoms with Crippen LogP contribution in [-0.2, 0) is 0 Å². The molecule has 3 nitrogen and oxygen atoms in total. The Bertz CT molecular complexity index is 552. The minimum atomic E-state index is 0.693. The zero-order valence-electron chi connectivity index (χ0n) is 9.79. The molecule has 88 valence electrons. The van der Waals surface area contributed by atoms with Gasteiger partial charge in [-0.05, 0) is 43.7 Å². The second kappa shape index (κ2) is 4.63. The number of hydrogen-bond acceptors (Lipinski definition) is 3. The van der Waals surface area contributed by atoms with Crippen molar-refractivity contribution in [3.8, 4) is 0 Å². The van der Waals surface area contributed by atoms with E-state index in [1.807, 2.05) is 44.2 Å². The Kier molecular flexibility index (Phi) is 3.20. The van der Waals surface area contributed by atoms with Gasteiger partial charge < -0.3 is 11.1 Å². The van der Waals surface area contributed by atoms with E-state index < -0.39 is 0 Å². The maximum absolute atomic E-state index is 5.96. The summed E-state index contributed by atoms with van der Waals surface area (Å²) in [5.74, 6) is 0.766. The summed E-state index contributed by atoms with van der Waals surface area (Å²) in [5.41, 5.74) is 9.30. The number of pyridine rings is 1. The highest BCUT2D eigenvalue weighted by atomic mass is 35.5. The van der Waals surface area contributed by atoms with Crippen molar-refractivity contribution < 1.29 is 0 Å². The van der Waals surface area contributed by atoms with Crippen LogP contribution in [0.25, 0.3) is 0 Å². The van der Waals surface area contributed by atoms with Crippen LogP contribution in [0.3, 0.4) is 0 Å². The van der Waals surface area contributed by atoms with Crippen molar-refractivity contribution in [2.24, 2.45) is 0 Å². The van der Waals surface area contributed by atoms with Crippen molar-refractivity contribution in [1.29, 1.82) is 0 Å². The first kappa shape index (κ1) is 11.7. The number of hydrogen-bond donors (Lipinski definition) is 2. The molecular formula is C13H14ClN3. The maximum Gasteiger partial charge on any atom is 0.130 e. The van der Waals surface area contributed by atoms with Crippen molar-refractivity contribution in [2.75, 3.05) is 11.1 Å². The molecule has 0 saturated heterocycles.